The van der Waals surface area contributed by atoms with Gasteiger partial charge >= 0.3 is 39.5 Å². The van der Waals surface area contributed by atoms with E-state index in [1.54, 1.807) is 0 Å². The molecule has 0 aromatic heterocycles. The third kappa shape index (κ3) is 72.4. The Morgan fingerprint density at radius 3 is 0.602 bits per heavy atom. The molecule has 0 spiro atoms. The third-order valence-electron chi connectivity index (χ3n) is 18.6. The summed E-state index contributed by atoms with van der Waals surface area (Å²) < 4.78 is 68.6. The van der Waals surface area contributed by atoms with Crippen LogP contribution in [0.3, 0.4) is 0 Å². The van der Waals surface area contributed by atoms with Gasteiger partial charge in [0.05, 0.1) is 26.4 Å². The van der Waals surface area contributed by atoms with Crippen LogP contribution in [0.15, 0.2) is 0 Å². The summed E-state index contributed by atoms with van der Waals surface area (Å²) in [4.78, 5) is 72.9. The van der Waals surface area contributed by atoms with Crippen LogP contribution < -0.4 is 0 Å². The number of ether oxygens (including phenoxy) is 4. The molecule has 5 atom stereocenters. The predicted octanol–water partition coefficient (Wildman–Crippen LogP) is 23.8. The average molecular weight is 1440 g/mol. The van der Waals surface area contributed by atoms with Crippen molar-refractivity contribution in [3.63, 3.8) is 0 Å². The molecule has 0 radical (unpaired) electrons. The summed E-state index contributed by atoms with van der Waals surface area (Å²) in [5.41, 5.74) is 0. The van der Waals surface area contributed by atoms with Crippen LogP contribution in [0.2, 0.25) is 0 Å². The van der Waals surface area contributed by atoms with E-state index in [2.05, 4.69) is 27.7 Å². The van der Waals surface area contributed by atoms with Crippen LogP contribution in [-0.4, -0.2) is 96.7 Å². The predicted molar refractivity (Wildman–Crippen MR) is 400 cm³/mol. The number of esters is 4. The van der Waals surface area contributed by atoms with E-state index in [9.17, 15) is 43.2 Å². The second-order valence-electron chi connectivity index (χ2n) is 28.5. The molecule has 0 fully saturated rings. The number of aliphatic hydroxyl groups is 1. The highest BCUT2D eigenvalue weighted by molar-refractivity contribution is 7.47. The lowest BCUT2D eigenvalue weighted by atomic mass is 10.0. The maximum absolute atomic E-state index is 13.1. The summed E-state index contributed by atoms with van der Waals surface area (Å²) in [6, 6.07) is 0. The maximum Gasteiger partial charge on any atom is 0.472 e. The molecule has 0 aromatic carbocycles. The van der Waals surface area contributed by atoms with Gasteiger partial charge in [0.1, 0.15) is 19.3 Å². The molecule has 0 aliphatic heterocycles. The highest BCUT2D eigenvalue weighted by Crippen LogP contribution is 2.45. The molecule has 98 heavy (non-hydrogen) atoms. The standard InChI is InChI=1S/C79H154O17P2/c1-5-9-13-17-21-25-29-32-34-35-36-37-38-39-40-42-46-50-54-58-62-66-79(84)96-75(70-90-77(82)64-60-56-52-48-45-41-33-30-26-22-18-14-10-6-2)72-94-98(87,88)92-68-73(80)67-91-97(85,86)93-71-74(69-89-76(81)63-59-55-51-47-43-28-24-20-16-12-8-4)95-78(83)65-61-57-53-49-44-31-27-23-19-15-11-7-3/h73-75,80H,5-72H2,1-4H3,(H,85,86)(H,87,88)/t73-,74+,75+/m0/s1. The molecule has 0 saturated carbocycles. The average Bonchev–Trinajstić information content (AvgIpc) is 1.02. The largest absolute Gasteiger partial charge is 0.472 e. The van der Waals surface area contributed by atoms with Crippen molar-refractivity contribution in [2.45, 2.75) is 444 Å². The van der Waals surface area contributed by atoms with Crippen LogP contribution >= 0.6 is 15.6 Å². The zero-order chi connectivity index (χ0) is 71.8. The normalized spacial score (nSPS) is 13.8. The molecule has 0 heterocycles. The van der Waals surface area contributed by atoms with Crippen molar-refractivity contribution in [2.24, 2.45) is 0 Å². The molecule has 0 aliphatic carbocycles. The van der Waals surface area contributed by atoms with E-state index in [0.717, 1.165) is 89.9 Å². The quantitative estimate of drug-likeness (QED) is 0.0222. The van der Waals surface area contributed by atoms with E-state index in [1.807, 2.05) is 0 Å². The first-order chi connectivity index (χ1) is 47.7. The Bertz CT molecular complexity index is 1860. The number of hydrogen-bond donors (Lipinski definition) is 3. The van der Waals surface area contributed by atoms with Crippen molar-refractivity contribution >= 4 is 39.5 Å². The Morgan fingerprint density at radius 1 is 0.245 bits per heavy atom. The summed E-state index contributed by atoms with van der Waals surface area (Å²) in [5, 5.41) is 10.6. The number of carbonyl (C=O) groups excluding carboxylic acids is 4. The van der Waals surface area contributed by atoms with Gasteiger partial charge in [0.25, 0.3) is 0 Å². The molecule has 3 N–H and O–H groups in total. The zero-order valence-electron chi connectivity index (χ0n) is 63.8. The fraction of sp³-hybridized carbons (Fsp3) is 0.949. The molecule has 0 aliphatic rings. The van der Waals surface area contributed by atoms with Gasteiger partial charge in [-0.25, -0.2) is 9.13 Å². The molecule has 0 bridgehead atoms. The Hall–Kier alpha value is -1.94. The van der Waals surface area contributed by atoms with Gasteiger partial charge in [-0.1, -0.05) is 374 Å². The topological polar surface area (TPSA) is 237 Å². The highest BCUT2D eigenvalue weighted by Gasteiger charge is 2.30. The van der Waals surface area contributed by atoms with Crippen LogP contribution in [0, 0.1) is 0 Å². The van der Waals surface area contributed by atoms with Crippen molar-refractivity contribution < 1.29 is 80.2 Å². The molecule has 0 saturated heterocycles. The number of hydrogen-bond acceptors (Lipinski definition) is 15. The van der Waals surface area contributed by atoms with Crippen LogP contribution in [0.25, 0.3) is 0 Å². The Balaban J connectivity index is 5.21. The summed E-state index contributed by atoms with van der Waals surface area (Å²) in [5.74, 6) is -2.11. The van der Waals surface area contributed by atoms with Gasteiger partial charge in [-0.3, -0.25) is 37.3 Å². The Labute approximate surface area is 600 Å². The van der Waals surface area contributed by atoms with Crippen molar-refractivity contribution in [1.29, 1.82) is 0 Å². The molecular weight excluding hydrogens is 1280 g/mol. The van der Waals surface area contributed by atoms with Gasteiger partial charge in [0.2, 0.25) is 0 Å². The first kappa shape index (κ1) is 96.1. The number of phosphoric ester groups is 2. The highest BCUT2D eigenvalue weighted by atomic mass is 31.2. The molecule has 19 heteroatoms. The number of phosphoric acid groups is 2. The molecule has 17 nitrogen and oxygen atoms in total. The summed E-state index contributed by atoms with van der Waals surface area (Å²) in [6.45, 7) is 5.01. The monoisotopic (exact) mass is 1440 g/mol. The minimum atomic E-state index is -4.96. The third-order valence-corrected chi connectivity index (χ3v) is 20.5. The van der Waals surface area contributed by atoms with Gasteiger partial charge in [0.15, 0.2) is 12.2 Å². The summed E-state index contributed by atoms with van der Waals surface area (Å²) >= 11 is 0. The molecular formula is C79H154O17P2. The molecule has 0 rings (SSSR count). The molecule has 2 unspecified atom stereocenters. The number of aliphatic hydroxyl groups excluding tert-OH is 1. The first-order valence-corrected chi connectivity index (χ1v) is 44.3. The second-order valence-corrected chi connectivity index (χ2v) is 31.4. The lowest BCUT2D eigenvalue weighted by molar-refractivity contribution is -0.161. The van der Waals surface area contributed by atoms with Crippen LogP contribution in [-0.2, 0) is 65.4 Å². The van der Waals surface area contributed by atoms with Crippen molar-refractivity contribution in [2.75, 3.05) is 39.6 Å². The molecule has 0 amide bonds. The van der Waals surface area contributed by atoms with E-state index >= 15 is 0 Å². The van der Waals surface area contributed by atoms with E-state index in [-0.39, 0.29) is 25.7 Å². The van der Waals surface area contributed by atoms with E-state index in [0.29, 0.717) is 25.7 Å². The van der Waals surface area contributed by atoms with Gasteiger partial charge in [-0.2, -0.15) is 0 Å². The van der Waals surface area contributed by atoms with Crippen LogP contribution in [0.5, 0.6) is 0 Å². The van der Waals surface area contributed by atoms with Crippen LogP contribution in [0.1, 0.15) is 426 Å². The molecule has 0 aromatic rings. The fourth-order valence-corrected chi connectivity index (χ4v) is 13.9. The minimum Gasteiger partial charge on any atom is -0.462 e. The number of rotatable bonds is 80. The van der Waals surface area contributed by atoms with E-state index in [1.165, 1.54) is 257 Å². The first-order valence-electron chi connectivity index (χ1n) is 41.3. The minimum absolute atomic E-state index is 0.108. The smallest absolute Gasteiger partial charge is 0.462 e. The number of unbranched alkanes of at least 4 members (excludes halogenated alkanes) is 54. The lowest BCUT2D eigenvalue weighted by Crippen LogP contribution is -2.30. The number of carbonyl (C=O) groups is 4. The van der Waals surface area contributed by atoms with Crippen molar-refractivity contribution in [1.82, 2.24) is 0 Å². The maximum atomic E-state index is 13.1. The van der Waals surface area contributed by atoms with Crippen molar-refractivity contribution in [3.05, 3.63) is 0 Å². The summed E-state index contributed by atoms with van der Waals surface area (Å²) in [6.07, 6.45) is 65.1. The van der Waals surface area contributed by atoms with Gasteiger partial charge in [-0.05, 0) is 25.7 Å². The van der Waals surface area contributed by atoms with E-state index in [4.69, 9.17) is 37.0 Å². The Kier molecular flexibility index (Phi) is 71.9. The lowest BCUT2D eigenvalue weighted by Gasteiger charge is -2.21. The second kappa shape index (κ2) is 73.4. The van der Waals surface area contributed by atoms with Gasteiger partial charge in [-0.15, -0.1) is 0 Å². The fourth-order valence-electron chi connectivity index (χ4n) is 12.3. The Morgan fingerprint density at radius 2 is 0.408 bits per heavy atom. The van der Waals surface area contributed by atoms with Gasteiger partial charge in [0, 0.05) is 25.7 Å². The van der Waals surface area contributed by atoms with E-state index < -0.39 is 97.5 Å². The zero-order valence-corrected chi connectivity index (χ0v) is 65.6. The van der Waals surface area contributed by atoms with Crippen LogP contribution in [0.4, 0.5) is 0 Å². The van der Waals surface area contributed by atoms with Gasteiger partial charge < -0.3 is 33.8 Å². The molecule has 582 valence electrons. The summed E-state index contributed by atoms with van der Waals surface area (Å²) in [7, 11) is -9.91. The van der Waals surface area contributed by atoms with Crippen molar-refractivity contribution in [3.8, 4) is 0 Å². The SMILES string of the molecule is CCCCCCCCCCCCCCCCCCCCCCCC(=O)O[C@H](COC(=O)CCCCCCCCCCCCCCCC)COP(=O)(O)OC[C@@H](O)COP(=O)(O)OC[C@@H](COC(=O)CCCCCCCCCCCCC)OC(=O)CCCCCCCCCCCCCC.